The highest BCUT2D eigenvalue weighted by Crippen LogP contribution is 2.39. The molecule has 5 heteroatoms. The third-order valence-electron chi connectivity index (χ3n) is 3.52. The van der Waals surface area contributed by atoms with Crippen molar-refractivity contribution in [1.29, 1.82) is 0 Å². The highest BCUT2D eigenvalue weighted by atomic mass is 16.5. The van der Waals surface area contributed by atoms with Gasteiger partial charge in [0.15, 0.2) is 11.5 Å². The first kappa shape index (κ1) is 15.3. The number of nitrogens with two attached hydrogens (primary N) is 1. The zero-order chi connectivity index (χ0) is 15.2. The summed E-state index contributed by atoms with van der Waals surface area (Å²) in [5, 5.41) is 10.7. The smallest absolute Gasteiger partial charge is 0.166 e. The quantitative estimate of drug-likeness (QED) is 0.848. The standard InChI is InChI=1S/C16H20N2O3/c1-20-14-5-3-4-12(16(14)21-2)15(19)13(10-17)11-6-8-18-9-7-11/h3-9,13,15,19H,10,17H2,1-2H3. The number of pyridine rings is 1. The second-order valence-electron chi connectivity index (χ2n) is 4.65. The number of ether oxygens (including phenoxy) is 2. The molecule has 2 unspecified atom stereocenters. The van der Waals surface area contributed by atoms with Gasteiger partial charge in [0.05, 0.1) is 20.3 Å². The normalized spacial score (nSPS) is 13.5. The van der Waals surface area contributed by atoms with E-state index in [4.69, 9.17) is 15.2 Å². The molecule has 0 saturated heterocycles. The van der Waals surface area contributed by atoms with Crippen molar-refractivity contribution in [2.24, 2.45) is 5.73 Å². The second kappa shape index (κ2) is 7.06. The summed E-state index contributed by atoms with van der Waals surface area (Å²) >= 11 is 0. The summed E-state index contributed by atoms with van der Waals surface area (Å²) in [6.45, 7) is 0.311. The number of aromatic nitrogens is 1. The van der Waals surface area contributed by atoms with Crippen LogP contribution in [-0.4, -0.2) is 30.9 Å². The maximum absolute atomic E-state index is 10.7. The van der Waals surface area contributed by atoms with Crippen molar-refractivity contribution in [2.45, 2.75) is 12.0 Å². The van der Waals surface area contributed by atoms with E-state index in [0.717, 1.165) is 5.56 Å². The lowest BCUT2D eigenvalue weighted by molar-refractivity contribution is 0.143. The number of benzene rings is 1. The highest BCUT2D eigenvalue weighted by molar-refractivity contribution is 5.48. The Morgan fingerprint density at radius 1 is 1.14 bits per heavy atom. The molecule has 2 atom stereocenters. The summed E-state index contributed by atoms with van der Waals surface area (Å²) in [7, 11) is 3.12. The number of para-hydroxylation sites is 1. The number of rotatable bonds is 6. The largest absolute Gasteiger partial charge is 0.493 e. The molecule has 0 aliphatic carbocycles. The summed E-state index contributed by atoms with van der Waals surface area (Å²) in [6.07, 6.45) is 2.59. The van der Waals surface area contributed by atoms with Crippen LogP contribution in [0.1, 0.15) is 23.1 Å². The van der Waals surface area contributed by atoms with Crippen LogP contribution in [0.25, 0.3) is 0 Å². The van der Waals surface area contributed by atoms with Crippen molar-refractivity contribution in [2.75, 3.05) is 20.8 Å². The van der Waals surface area contributed by atoms with Crippen LogP contribution in [0.3, 0.4) is 0 Å². The lowest BCUT2D eigenvalue weighted by Gasteiger charge is -2.24. The number of methoxy groups -OCH3 is 2. The molecule has 0 radical (unpaired) electrons. The lowest BCUT2D eigenvalue weighted by Crippen LogP contribution is -2.20. The predicted molar refractivity (Wildman–Crippen MR) is 80.5 cm³/mol. The van der Waals surface area contributed by atoms with Gasteiger partial charge in [-0.3, -0.25) is 4.98 Å². The van der Waals surface area contributed by atoms with Crippen molar-refractivity contribution in [3.05, 3.63) is 53.9 Å². The molecule has 3 N–H and O–H groups in total. The first-order valence-corrected chi connectivity index (χ1v) is 6.71. The predicted octanol–water partition coefficient (Wildman–Crippen LogP) is 1.87. The number of aliphatic hydroxyl groups excluding tert-OH is 1. The van der Waals surface area contributed by atoms with Gasteiger partial charge in [-0.25, -0.2) is 0 Å². The van der Waals surface area contributed by atoms with E-state index in [1.165, 1.54) is 0 Å². The fraction of sp³-hybridized carbons (Fsp3) is 0.312. The van der Waals surface area contributed by atoms with Crippen LogP contribution in [-0.2, 0) is 0 Å². The molecule has 0 saturated carbocycles. The van der Waals surface area contributed by atoms with Gasteiger partial charge in [0.1, 0.15) is 0 Å². The van der Waals surface area contributed by atoms with Gasteiger partial charge >= 0.3 is 0 Å². The van der Waals surface area contributed by atoms with Crippen molar-refractivity contribution in [3.63, 3.8) is 0 Å². The minimum atomic E-state index is -0.789. The summed E-state index contributed by atoms with van der Waals surface area (Å²) in [6, 6.07) is 9.13. The highest BCUT2D eigenvalue weighted by Gasteiger charge is 2.25. The molecule has 0 fully saturated rings. The van der Waals surface area contributed by atoms with Crippen LogP contribution in [0.4, 0.5) is 0 Å². The topological polar surface area (TPSA) is 77.6 Å². The maximum Gasteiger partial charge on any atom is 0.166 e. The summed E-state index contributed by atoms with van der Waals surface area (Å²) in [5.41, 5.74) is 7.44. The molecule has 112 valence electrons. The Balaban J connectivity index is 2.40. The number of hydrogen-bond donors (Lipinski definition) is 2. The molecule has 0 bridgehead atoms. The SMILES string of the molecule is COc1cccc(C(O)C(CN)c2ccncc2)c1OC. The van der Waals surface area contributed by atoms with Crippen LogP contribution >= 0.6 is 0 Å². The molecular weight excluding hydrogens is 268 g/mol. The number of nitrogens with zero attached hydrogens (tertiary/aromatic N) is 1. The molecule has 0 aliphatic heterocycles. The van der Waals surface area contributed by atoms with Crippen molar-refractivity contribution >= 4 is 0 Å². The Morgan fingerprint density at radius 3 is 2.43 bits per heavy atom. The average Bonchev–Trinajstić information content (AvgIpc) is 2.55. The minimum absolute atomic E-state index is 0.242. The molecule has 1 aromatic carbocycles. The van der Waals surface area contributed by atoms with Crippen molar-refractivity contribution in [1.82, 2.24) is 4.98 Å². The molecule has 1 aromatic heterocycles. The molecule has 0 amide bonds. The van der Waals surface area contributed by atoms with E-state index in [9.17, 15) is 5.11 Å². The maximum atomic E-state index is 10.7. The van der Waals surface area contributed by atoms with Gasteiger partial charge in [-0.15, -0.1) is 0 Å². The zero-order valence-electron chi connectivity index (χ0n) is 12.2. The summed E-state index contributed by atoms with van der Waals surface area (Å²) < 4.78 is 10.6. The molecule has 0 aliphatic rings. The van der Waals surface area contributed by atoms with Crippen LogP contribution < -0.4 is 15.2 Å². The minimum Gasteiger partial charge on any atom is -0.493 e. The van der Waals surface area contributed by atoms with Gasteiger partial charge in [-0.1, -0.05) is 12.1 Å². The van der Waals surface area contributed by atoms with E-state index < -0.39 is 6.10 Å². The Hall–Kier alpha value is -2.11. The van der Waals surface area contributed by atoms with E-state index in [1.54, 1.807) is 32.7 Å². The van der Waals surface area contributed by atoms with Gasteiger partial charge in [0.2, 0.25) is 0 Å². The molecule has 5 nitrogen and oxygen atoms in total. The van der Waals surface area contributed by atoms with Crippen molar-refractivity contribution in [3.8, 4) is 11.5 Å². The van der Waals surface area contributed by atoms with Gasteiger partial charge in [-0.2, -0.15) is 0 Å². The monoisotopic (exact) mass is 288 g/mol. The van der Waals surface area contributed by atoms with E-state index in [1.807, 2.05) is 24.3 Å². The first-order valence-electron chi connectivity index (χ1n) is 6.71. The Bertz CT molecular complexity index is 575. The van der Waals surface area contributed by atoms with E-state index in [2.05, 4.69) is 4.98 Å². The first-order chi connectivity index (χ1) is 10.2. The molecule has 2 rings (SSSR count). The van der Waals surface area contributed by atoms with Crippen LogP contribution in [0, 0.1) is 0 Å². The molecular formula is C16H20N2O3. The molecule has 2 aromatic rings. The fourth-order valence-electron chi connectivity index (χ4n) is 2.42. The Labute approximate surface area is 124 Å². The third kappa shape index (κ3) is 3.15. The third-order valence-corrected chi connectivity index (χ3v) is 3.52. The zero-order valence-corrected chi connectivity index (χ0v) is 12.2. The lowest BCUT2D eigenvalue weighted by atomic mass is 9.89. The van der Waals surface area contributed by atoms with Crippen LogP contribution in [0.5, 0.6) is 11.5 Å². The Morgan fingerprint density at radius 2 is 1.86 bits per heavy atom. The van der Waals surface area contributed by atoms with Gasteiger partial charge < -0.3 is 20.3 Å². The molecule has 21 heavy (non-hydrogen) atoms. The second-order valence-corrected chi connectivity index (χ2v) is 4.65. The Kier molecular flexibility index (Phi) is 5.14. The van der Waals surface area contributed by atoms with E-state index in [-0.39, 0.29) is 5.92 Å². The van der Waals surface area contributed by atoms with Gasteiger partial charge in [0.25, 0.3) is 0 Å². The van der Waals surface area contributed by atoms with Crippen molar-refractivity contribution < 1.29 is 14.6 Å². The molecule has 0 spiro atoms. The number of hydrogen-bond acceptors (Lipinski definition) is 5. The number of aliphatic hydroxyl groups is 1. The summed E-state index contributed by atoms with van der Waals surface area (Å²) in [4.78, 5) is 3.99. The van der Waals surface area contributed by atoms with E-state index >= 15 is 0 Å². The fourth-order valence-corrected chi connectivity index (χ4v) is 2.42. The van der Waals surface area contributed by atoms with Gasteiger partial charge in [0, 0.05) is 30.4 Å². The average molecular weight is 288 g/mol. The molecule has 1 heterocycles. The van der Waals surface area contributed by atoms with Crippen LogP contribution in [0.15, 0.2) is 42.7 Å². The summed E-state index contributed by atoms with van der Waals surface area (Å²) in [5.74, 6) is 0.869. The van der Waals surface area contributed by atoms with Crippen LogP contribution in [0.2, 0.25) is 0 Å². The van der Waals surface area contributed by atoms with Gasteiger partial charge in [-0.05, 0) is 23.8 Å². The van der Waals surface area contributed by atoms with E-state index in [0.29, 0.717) is 23.6 Å².